The van der Waals surface area contributed by atoms with E-state index in [-0.39, 0.29) is 11.6 Å². The molecule has 1 aromatic heterocycles. The molecule has 0 atom stereocenters. The normalized spacial score (nSPS) is 13.8. The maximum atomic E-state index is 12.3. The van der Waals surface area contributed by atoms with E-state index in [1.807, 2.05) is 13.1 Å². The van der Waals surface area contributed by atoms with Gasteiger partial charge >= 0.3 is 12.0 Å². The van der Waals surface area contributed by atoms with E-state index in [1.54, 1.807) is 24.1 Å². The zero-order valence-electron chi connectivity index (χ0n) is 19.0. The summed E-state index contributed by atoms with van der Waals surface area (Å²) in [5.41, 5.74) is 4.53. The summed E-state index contributed by atoms with van der Waals surface area (Å²) in [6.45, 7) is 2.99. The van der Waals surface area contributed by atoms with E-state index in [9.17, 15) is 14.7 Å². The number of nitrogens with one attached hydrogen (secondary N) is 1. The highest BCUT2D eigenvalue weighted by Crippen LogP contribution is 2.29. The second kappa shape index (κ2) is 9.95. The number of benzene rings is 2. The number of carbonyl (C=O) groups is 2. The number of ether oxygens (including phenoxy) is 2. The molecule has 0 radical (unpaired) electrons. The van der Waals surface area contributed by atoms with Crippen molar-refractivity contribution in [2.75, 3.05) is 40.0 Å². The second-order valence-corrected chi connectivity index (χ2v) is 8.21. The Balaban J connectivity index is 1.49. The third kappa shape index (κ3) is 5.12. The summed E-state index contributed by atoms with van der Waals surface area (Å²) in [6, 6.07) is 11.3. The second-order valence-electron chi connectivity index (χ2n) is 8.21. The van der Waals surface area contributed by atoms with E-state index >= 15 is 0 Å². The fourth-order valence-corrected chi connectivity index (χ4v) is 4.24. The van der Waals surface area contributed by atoms with E-state index in [0.29, 0.717) is 45.0 Å². The van der Waals surface area contributed by atoms with E-state index in [2.05, 4.69) is 34.3 Å². The average molecular weight is 452 g/mol. The number of carboxylic acid groups (broad SMARTS) is 1. The van der Waals surface area contributed by atoms with E-state index in [4.69, 9.17) is 9.47 Å². The van der Waals surface area contributed by atoms with Gasteiger partial charge in [-0.1, -0.05) is 12.1 Å². The molecule has 1 aliphatic heterocycles. The molecule has 4 rings (SSSR count). The van der Waals surface area contributed by atoms with Crippen molar-refractivity contribution in [3.63, 3.8) is 0 Å². The topological polar surface area (TPSA) is 93.0 Å². The van der Waals surface area contributed by atoms with Crippen molar-refractivity contribution in [3.8, 4) is 5.75 Å². The molecule has 8 nitrogen and oxygen atoms in total. The largest absolute Gasteiger partial charge is 0.496 e. The van der Waals surface area contributed by atoms with Crippen LogP contribution in [0.15, 0.2) is 42.6 Å². The summed E-state index contributed by atoms with van der Waals surface area (Å²) < 4.78 is 12.8. The van der Waals surface area contributed by atoms with Gasteiger partial charge in [0.15, 0.2) is 0 Å². The Bertz CT molecular complexity index is 1160. The Morgan fingerprint density at radius 2 is 1.91 bits per heavy atom. The number of carboxylic acids is 1. The molecule has 3 aromatic rings. The first-order valence-corrected chi connectivity index (χ1v) is 11.0. The Hall–Kier alpha value is -3.52. The fourth-order valence-electron chi connectivity index (χ4n) is 4.24. The molecule has 1 saturated heterocycles. The van der Waals surface area contributed by atoms with Gasteiger partial charge < -0.3 is 29.4 Å². The Labute approximate surface area is 192 Å². The van der Waals surface area contributed by atoms with Crippen molar-refractivity contribution >= 4 is 22.9 Å². The van der Waals surface area contributed by atoms with Crippen molar-refractivity contribution in [1.82, 2.24) is 14.8 Å². The van der Waals surface area contributed by atoms with Gasteiger partial charge in [0.2, 0.25) is 0 Å². The molecule has 2 N–H and O–H groups in total. The van der Waals surface area contributed by atoms with Gasteiger partial charge in [0, 0.05) is 50.2 Å². The van der Waals surface area contributed by atoms with E-state index < -0.39 is 5.97 Å². The van der Waals surface area contributed by atoms with Gasteiger partial charge in [-0.15, -0.1) is 0 Å². The number of carbonyl (C=O) groups excluding carboxylic acids is 1. The van der Waals surface area contributed by atoms with Gasteiger partial charge in [-0.05, 0) is 47.4 Å². The van der Waals surface area contributed by atoms with Crippen LogP contribution in [-0.2, 0) is 24.6 Å². The molecule has 8 heteroatoms. The van der Waals surface area contributed by atoms with Crippen LogP contribution in [0.3, 0.4) is 0 Å². The van der Waals surface area contributed by atoms with Crippen LogP contribution in [0.5, 0.6) is 5.75 Å². The summed E-state index contributed by atoms with van der Waals surface area (Å²) in [5.74, 6) is -0.413. The number of methoxy groups -OCH3 is 1. The zero-order chi connectivity index (χ0) is 23.4. The SMILES string of the molecule is COc1cc(C(=O)O)ccc1Cc1cn(C)c2ccc(CCNC(=O)N3CCOCC3)cc12. The summed E-state index contributed by atoms with van der Waals surface area (Å²) in [6.07, 6.45) is 3.45. The number of nitrogens with zero attached hydrogens (tertiary/aromatic N) is 2. The number of aromatic carboxylic acids is 1. The summed E-state index contributed by atoms with van der Waals surface area (Å²) in [4.78, 5) is 25.4. The molecule has 0 spiro atoms. The predicted molar refractivity (Wildman–Crippen MR) is 125 cm³/mol. The Morgan fingerprint density at radius 3 is 2.64 bits per heavy atom. The third-order valence-corrected chi connectivity index (χ3v) is 6.04. The first-order valence-electron chi connectivity index (χ1n) is 11.0. The molecule has 2 aromatic carbocycles. The monoisotopic (exact) mass is 451 g/mol. The van der Waals surface area contributed by atoms with Crippen LogP contribution in [0, 0.1) is 0 Å². The molecular formula is C25H29N3O5. The molecule has 0 unspecified atom stereocenters. The van der Waals surface area contributed by atoms with E-state index in [0.717, 1.165) is 34.0 Å². The van der Waals surface area contributed by atoms with Gasteiger partial charge in [-0.25, -0.2) is 9.59 Å². The van der Waals surface area contributed by atoms with Crippen LogP contribution in [0.2, 0.25) is 0 Å². The van der Waals surface area contributed by atoms with Crippen LogP contribution >= 0.6 is 0 Å². The molecule has 1 fully saturated rings. The number of fused-ring (bicyclic) bond motifs is 1. The molecular weight excluding hydrogens is 422 g/mol. The number of hydrogen-bond acceptors (Lipinski definition) is 4. The highest BCUT2D eigenvalue weighted by Gasteiger charge is 2.16. The number of hydrogen-bond donors (Lipinski definition) is 2. The standard InChI is InChI=1S/C25H29N3O5/c1-27-16-20(14-18-4-5-19(24(29)30)15-23(18)32-2)21-13-17(3-6-22(21)27)7-8-26-25(31)28-9-11-33-12-10-28/h3-6,13,15-16H,7-12,14H2,1-2H3,(H,26,31)(H,29,30). The smallest absolute Gasteiger partial charge is 0.335 e. The highest BCUT2D eigenvalue weighted by atomic mass is 16.5. The van der Waals surface area contributed by atoms with Crippen molar-refractivity contribution < 1.29 is 24.2 Å². The molecule has 174 valence electrons. The third-order valence-electron chi connectivity index (χ3n) is 6.04. The summed E-state index contributed by atoms with van der Waals surface area (Å²) >= 11 is 0. The highest BCUT2D eigenvalue weighted by molar-refractivity contribution is 5.88. The fraction of sp³-hybridized carbons (Fsp3) is 0.360. The predicted octanol–water partition coefficient (Wildman–Crippen LogP) is 3.06. The number of aryl methyl sites for hydroxylation is 1. The number of rotatable bonds is 7. The number of amides is 2. The van der Waals surface area contributed by atoms with Crippen molar-refractivity contribution in [2.45, 2.75) is 12.8 Å². The molecule has 33 heavy (non-hydrogen) atoms. The zero-order valence-corrected chi connectivity index (χ0v) is 19.0. The number of morpholine rings is 1. The number of urea groups is 1. The quantitative estimate of drug-likeness (QED) is 0.576. The summed E-state index contributed by atoms with van der Waals surface area (Å²) in [7, 11) is 3.57. The minimum absolute atomic E-state index is 0.0447. The lowest BCUT2D eigenvalue weighted by molar-refractivity contribution is 0.0533. The maximum Gasteiger partial charge on any atom is 0.335 e. The minimum Gasteiger partial charge on any atom is -0.496 e. The molecule has 0 saturated carbocycles. The average Bonchev–Trinajstić information content (AvgIpc) is 3.14. The van der Waals surface area contributed by atoms with Gasteiger partial charge in [-0.2, -0.15) is 0 Å². The van der Waals surface area contributed by atoms with Crippen molar-refractivity contribution in [3.05, 3.63) is 64.8 Å². The van der Waals surface area contributed by atoms with Crippen LogP contribution in [-0.4, -0.2) is 66.5 Å². The number of aromatic nitrogens is 1. The van der Waals surface area contributed by atoms with Crippen molar-refractivity contribution in [2.24, 2.45) is 7.05 Å². The molecule has 0 bridgehead atoms. The molecule has 0 aliphatic carbocycles. The minimum atomic E-state index is -0.977. The van der Waals surface area contributed by atoms with E-state index in [1.165, 1.54) is 0 Å². The van der Waals surface area contributed by atoms with Crippen LogP contribution in [0.25, 0.3) is 10.9 Å². The van der Waals surface area contributed by atoms with Gasteiger partial charge in [-0.3, -0.25) is 0 Å². The Morgan fingerprint density at radius 1 is 1.12 bits per heavy atom. The first kappa shape index (κ1) is 22.7. The van der Waals surface area contributed by atoms with Gasteiger partial charge in [0.05, 0.1) is 25.9 Å². The van der Waals surface area contributed by atoms with Crippen molar-refractivity contribution in [1.29, 1.82) is 0 Å². The Kier molecular flexibility index (Phi) is 6.84. The molecule has 1 aliphatic rings. The lowest BCUT2D eigenvalue weighted by atomic mass is 10.00. The lowest BCUT2D eigenvalue weighted by Crippen LogP contribution is -2.46. The maximum absolute atomic E-state index is 12.3. The lowest BCUT2D eigenvalue weighted by Gasteiger charge is -2.26. The van der Waals surface area contributed by atoms with Crippen LogP contribution in [0.4, 0.5) is 4.79 Å². The van der Waals surface area contributed by atoms with Crippen LogP contribution in [0.1, 0.15) is 27.0 Å². The first-order chi connectivity index (χ1) is 16.0. The molecule has 2 heterocycles. The molecule has 2 amide bonds. The summed E-state index contributed by atoms with van der Waals surface area (Å²) in [5, 5.41) is 13.4. The van der Waals surface area contributed by atoms with Gasteiger partial charge in [0.1, 0.15) is 5.75 Å². The van der Waals surface area contributed by atoms with Crippen LogP contribution < -0.4 is 10.1 Å². The van der Waals surface area contributed by atoms with Gasteiger partial charge in [0.25, 0.3) is 0 Å².